The van der Waals surface area contributed by atoms with Crippen LogP contribution < -0.4 is 9.47 Å². The van der Waals surface area contributed by atoms with Crippen molar-refractivity contribution in [1.82, 2.24) is 4.90 Å². The smallest absolute Gasteiger partial charge is 0.417 e. The maximum atomic E-state index is 13.0. The Bertz CT molecular complexity index is 975. The summed E-state index contributed by atoms with van der Waals surface area (Å²) in [6.45, 7) is 0.162. The van der Waals surface area contributed by atoms with Crippen molar-refractivity contribution < 1.29 is 28.6 Å². The van der Waals surface area contributed by atoms with Crippen LogP contribution in [0.5, 0.6) is 11.5 Å². The summed E-state index contributed by atoms with van der Waals surface area (Å²) in [6, 6.07) is 14.6. The van der Waals surface area contributed by atoms with E-state index in [0.29, 0.717) is 23.6 Å². The van der Waals surface area contributed by atoms with Gasteiger partial charge in [-0.15, -0.1) is 0 Å². The van der Waals surface area contributed by atoms with E-state index in [1.54, 1.807) is 26.4 Å². The van der Waals surface area contributed by atoms with Crippen LogP contribution in [-0.4, -0.2) is 55.6 Å². The summed E-state index contributed by atoms with van der Waals surface area (Å²) in [7, 11) is 3.11. The minimum absolute atomic E-state index is 0.162. The zero-order valence-corrected chi connectivity index (χ0v) is 16.7. The maximum absolute atomic E-state index is 13.0. The fourth-order valence-electron chi connectivity index (χ4n) is 3.62. The third kappa shape index (κ3) is 3.80. The molecule has 0 aliphatic carbocycles. The Morgan fingerprint density at radius 1 is 1.13 bits per heavy atom. The lowest BCUT2D eigenvalue weighted by molar-refractivity contribution is -0.139. The zero-order chi connectivity index (χ0) is 21.1. The van der Waals surface area contributed by atoms with Crippen LogP contribution in [-0.2, 0) is 20.8 Å². The van der Waals surface area contributed by atoms with Crippen LogP contribution in [0.25, 0.3) is 0 Å². The number of ether oxygens (including phenoxy) is 3. The van der Waals surface area contributed by atoms with E-state index in [1.807, 2.05) is 36.4 Å². The van der Waals surface area contributed by atoms with Crippen LogP contribution in [0.4, 0.5) is 4.79 Å². The second kappa shape index (κ2) is 8.44. The van der Waals surface area contributed by atoms with Crippen LogP contribution in [0.1, 0.15) is 17.5 Å². The van der Waals surface area contributed by atoms with Gasteiger partial charge in [0, 0.05) is 12.0 Å². The van der Waals surface area contributed by atoms with Crippen molar-refractivity contribution in [1.29, 1.82) is 0 Å². The van der Waals surface area contributed by atoms with Crippen LogP contribution in [0.2, 0.25) is 0 Å². The summed E-state index contributed by atoms with van der Waals surface area (Å²) in [5, 5.41) is 4.07. The van der Waals surface area contributed by atoms with Gasteiger partial charge in [-0.25, -0.2) is 9.69 Å². The molecule has 2 amide bonds. The molecule has 8 heteroatoms. The minimum atomic E-state index is -0.878. The molecule has 30 heavy (non-hydrogen) atoms. The van der Waals surface area contributed by atoms with Gasteiger partial charge in [-0.1, -0.05) is 35.5 Å². The minimum Gasteiger partial charge on any atom is -0.493 e. The third-order valence-corrected chi connectivity index (χ3v) is 5.17. The fourth-order valence-corrected chi connectivity index (χ4v) is 3.62. The van der Waals surface area contributed by atoms with E-state index in [1.165, 1.54) is 0 Å². The largest absolute Gasteiger partial charge is 0.493 e. The highest BCUT2D eigenvalue weighted by atomic mass is 16.6. The van der Waals surface area contributed by atoms with Crippen molar-refractivity contribution in [3.63, 3.8) is 0 Å². The molecule has 1 fully saturated rings. The van der Waals surface area contributed by atoms with Gasteiger partial charge in [0.15, 0.2) is 11.5 Å². The molecular formula is C22H22N2O6. The molecule has 2 heterocycles. The molecule has 2 aromatic carbocycles. The Labute approximate surface area is 174 Å². The number of hydrogen-bond donors (Lipinski definition) is 0. The summed E-state index contributed by atoms with van der Waals surface area (Å²) in [5.41, 5.74) is 2.38. The maximum Gasteiger partial charge on any atom is 0.417 e. The molecule has 0 unspecified atom stereocenters. The van der Waals surface area contributed by atoms with Gasteiger partial charge in [0.1, 0.15) is 6.61 Å². The molecular weight excluding hydrogens is 388 g/mol. The molecule has 2 aliphatic heterocycles. The van der Waals surface area contributed by atoms with Crippen molar-refractivity contribution in [2.24, 2.45) is 5.16 Å². The van der Waals surface area contributed by atoms with Crippen molar-refractivity contribution >= 4 is 17.7 Å². The number of carbonyl (C=O) groups is 2. The van der Waals surface area contributed by atoms with Gasteiger partial charge in [-0.05, 0) is 30.2 Å². The summed E-state index contributed by atoms with van der Waals surface area (Å²) in [5.74, 6) is 0.702. The van der Waals surface area contributed by atoms with E-state index in [-0.39, 0.29) is 19.1 Å². The number of hydrogen-bond acceptors (Lipinski definition) is 7. The van der Waals surface area contributed by atoms with Crippen molar-refractivity contribution in [3.05, 3.63) is 59.7 Å². The zero-order valence-electron chi connectivity index (χ0n) is 16.7. The van der Waals surface area contributed by atoms with Gasteiger partial charge in [-0.2, -0.15) is 0 Å². The number of methoxy groups -OCH3 is 2. The van der Waals surface area contributed by atoms with Gasteiger partial charge in [0.2, 0.25) is 6.10 Å². The van der Waals surface area contributed by atoms with Crippen molar-refractivity contribution in [2.75, 3.05) is 20.8 Å². The number of carbonyl (C=O) groups excluding carboxylic acids is 2. The first-order chi connectivity index (χ1) is 14.6. The predicted molar refractivity (Wildman–Crippen MR) is 108 cm³/mol. The number of imide groups is 1. The molecule has 4 rings (SSSR count). The number of benzene rings is 2. The quantitative estimate of drug-likeness (QED) is 0.728. The van der Waals surface area contributed by atoms with E-state index in [0.717, 1.165) is 16.0 Å². The molecule has 0 radical (unpaired) electrons. The van der Waals surface area contributed by atoms with Gasteiger partial charge >= 0.3 is 6.09 Å². The van der Waals surface area contributed by atoms with E-state index in [2.05, 4.69) is 5.16 Å². The van der Waals surface area contributed by atoms with Crippen LogP contribution in [0.3, 0.4) is 0 Å². The second-order valence-electron chi connectivity index (χ2n) is 7.03. The Morgan fingerprint density at radius 2 is 1.90 bits per heavy atom. The monoisotopic (exact) mass is 410 g/mol. The highest BCUT2D eigenvalue weighted by Crippen LogP contribution is 2.30. The van der Waals surface area contributed by atoms with Crippen molar-refractivity contribution in [2.45, 2.75) is 25.0 Å². The molecule has 2 aromatic rings. The number of rotatable bonds is 6. The van der Waals surface area contributed by atoms with E-state index in [4.69, 9.17) is 19.0 Å². The number of oxime groups is 1. The lowest BCUT2D eigenvalue weighted by Gasteiger charge is -2.21. The van der Waals surface area contributed by atoms with Crippen molar-refractivity contribution in [3.8, 4) is 11.5 Å². The van der Waals surface area contributed by atoms with Gasteiger partial charge in [-0.3, -0.25) is 4.79 Å². The highest BCUT2D eigenvalue weighted by molar-refractivity contribution is 6.06. The lowest BCUT2D eigenvalue weighted by Crippen LogP contribution is -2.45. The molecule has 0 N–H and O–H groups in total. The standard InChI is InChI=1S/C22H22N2O6/c1-27-18-9-8-15(11-19(18)28-2)17-12-20(30-23-17)21(25)24-16(13-29-22(24)26)10-14-6-4-3-5-7-14/h3-9,11,16,20H,10,12-13H2,1-2H3/t16-,20-/m1/s1. The fraction of sp³-hybridized carbons (Fsp3) is 0.318. The van der Waals surface area contributed by atoms with E-state index < -0.39 is 18.1 Å². The molecule has 2 atom stereocenters. The van der Waals surface area contributed by atoms with Gasteiger partial charge in [0.25, 0.3) is 5.91 Å². The van der Waals surface area contributed by atoms with Crippen LogP contribution in [0.15, 0.2) is 53.7 Å². The van der Waals surface area contributed by atoms with Gasteiger partial charge < -0.3 is 19.0 Å². The Balaban J connectivity index is 1.46. The summed E-state index contributed by atoms with van der Waals surface area (Å²) in [4.78, 5) is 31.8. The number of nitrogens with zero attached hydrogens (tertiary/aromatic N) is 2. The molecule has 0 bridgehead atoms. The first-order valence-corrected chi connectivity index (χ1v) is 9.59. The first-order valence-electron chi connectivity index (χ1n) is 9.59. The lowest BCUT2D eigenvalue weighted by atomic mass is 10.0. The third-order valence-electron chi connectivity index (χ3n) is 5.17. The molecule has 8 nitrogen and oxygen atoms in total. The Morgan fingerprint density at radius 3 is 2.63 bits per heavy atom. The summed E-state index contributed by atoms with van der Waals surface area (Å²) >= 11 is 0. The molecule has 2 aliphatic rings. The van der Waals surface area contributed by atoms with Crippen LogP contribution >= 0.6 is 0 Å². The average molecular weight is 410 g/mol. The second-order valence-corrected chi connectivity index (χ2v) is 7.03. The average Bonchev–Trinajstić information content (AvgIpc) is 3.41. The molecule has 0 aromatic heterocycles. The summed E-state index contributed by atoms with van der Waals surface area (Å²) < 4.78 is 15.7. The molecule has 156 valence electrons. The van der Waals surface area contributed by atoms with Crippen LogP contribution in [0, 0.1) is 0 Å². The Hall–Kier alpha value is -3.55. The molecule has 0 spiro atoms. The topological polar surface area (TPSA) is 86.7 Å². The summed E-state index contributed by atoms with van der Waals surface area (Å²) in [6.07, 6.45) is -0.758. The Kier molecular flexibility index (Phi) is 5.56. The highest BCUT2D eigenvalue weighted by Gasteiger charge is 2.43. The number of cyclic esters (lactones) is 1. The predicted octanol–water partition coefficient (Wildman–Crippen LogP) is 2.79. The number of amides is 2. The molecule has 0 saturated carbocycles. The van der Waals surface area contributed by atoms with E-state index in [9.17, 15) is 9.59 Å². The first kappa shape index (κ1) is 19.8. The normalized spacial score (nSPS) is 20.4. The van der Waals surface area contributed by atoms with E-state index >= 15 is 0 Å². The SMILES string of the molecule is COc1ccc(C2=NO[C@@H](C(=O)N3C(=O)OC[C@H]3Cc3ccccc3)C2)cc1OC. The molecule has 1 saturated heterocycles. The van der Waals surface area contributed by atoms with Gasteiger partial charge in [0.05, 0.1) is 26.0 Å².